The predicted octanol–water partition coefficient (Wildman–Crippen LogP) is 0.275. The zero-order valence-electron chi connectivity index (χ0n) is 10.2. The number of hydrogen-bond donors (Lipinski definition) is 1. The van der Waals surface area contributed by atoms with Crippen LogP contribution in [-0.2, 0) is 4.79 Å². The third-order valence-corrected chi connectivity index (χ3v) is 3.26. The first kappa shape index (κ1) is 12.5. The topological polar surface area (TPSA) is 49.6 Å². The lowest BCUT2D eigenvalue weighted by molar-refractivity contribution is -0.131. The van der Waals surface area contributed by atoms with Crippen LogP contribution in [-0.4, -0.2) is 54.0 Å². The molecule has 1 fully saturated rings. The minimum Gasteiger partial charge on any atom is -0.340 e. The average molecular weight is 213 g/mol. The summed E-state index contributed by atoms with van der Waals surface area (Å²) < 4.78 is 0. The maximum Gasteiger partial charge on any atom is 0.239 e. The molecule has 1 aliphatic heterocycles. The Hall–Kier alpha value is -0.610. The van der Waals surface area contributed by atoms with Gasteiger partial charge >= 0.3 is 0 Å². The normalized spacial score (nSPS) is 23.9. The number of nitrogens with zero attached hydrogens (tertiary/aromatic N) is 2. The van der Waals surface area contributed by atoms with E-state index in [1.54, 1.807) is 6.92 Å². The molecule has 0 aromatic rings. The van der Waals surface area contributed by atoms with Crippen molar-refractivity contribution in [2.45, 2.75) is 45.3 Å². The van der Waals surface area contributed by atoms with E-state index in [0.29, 0.717) is 12.1 Å². The van der Waals surface area contributed by atoms with Crippen LogP contribution in [0.25, 0.3) is 0 Å². The number of likely N-dealkylation sites (N-methyl/N-ethyl adjacent to an activating group) is 1. The summed E-state index contributed by atoms with van der Waals surface area (Å²) in [5.74, 6) is 0.0784. The van der Waals surface area contributed by atoms with E-state index in [0.717, 1.165) is 19.5 Å². The van der Waals surface area contributed by atoms with Gasteiger partial charge in [0.25, 0.3) is 0 Å². The average Bonchev–Trinajstić information content (AvgIpc) is 2.63. The van der Waals surface area contributed by atoms with Crippen LogP contribution in [0.5, 0.6) is 0 Å². The van der Waals surface area contributed by atoms with Gasteiger partial charge in [0.15, 0.2) is 0 Å². The van der Waals surface area contributed by atoms with Gasteiger partial charge in [0.2, 0.25) is 5.91 Å². The van der Waals surface area contributed by atoms with E-state index in [9.17, 15) is 4.79 Å². The lowest BCUT2D eigenvalue weighted by Crippen LogP contribution is -2.44. The molecule has 1 amide bonds. The molecule has 1 saturated heterocycles. The molecular weight excluding hydrogens is 190 g/mol. The van der Waals surface area contributed by atoms with E-state index in [1.165, 1.54) is 0 Å². The molecule has 88 valence electrons. The molecule has 0 aromatic heterocycles. The van der Waals surface area contributed by atoms with E-state index in [-0.39, 0.29) is 11.9 Å². The highest BCUT2D eigenvalue weighted by Crippen LogP contribution is 2.16. The molecular formula is C11H23N3O. The molecule has 2 N–H and O–H groups in total. The Bertz CT molecular complexity index is 228. The number of carbonyl (C=O) groups excluding carboxylic acids is 1. The van der Waals surface area contributed by atoms with Crippen LogP contribution in [0.2, 0.25) is 0 Å². The van der Waals surface area contributed by atoms with Gasteiger partial charge in [0, 0.05) is 25.2 Å². The van der Waals surface area contributed by atoms with Crippen molar-refractivity contribution in [3.63, 3.8) is 0 Å². The molecule has 0 bridgehead atoms. The SMILES string of the molecule is CC(C)N(C)C1CCN(C(=O)[C@H](C)N)C1. The molecule has 1 heterocycles. The monoisotopic (exact) mass is 213 g/mol. The van der Waals surface area contributed by atoms with Gasteiger partial charge in [-0.3, -0.25) is 9.69 Å². The second-order valence-corrected chi connectivity index (χ2v) is 4.77. The Morgan fingerprint density at radius 2 is 2.07 bits per heavy atom. The molecule has 4 nitrogen and oxygen atoms in total. The Labute approximate surface area is 92.4 Å². The fourth-order valence-corrected chi connectivity index (χ4v) is 1.98. The molecule has 0 aliphatic carbocycles. The minimum atomic E-state index is -0.367. The molecule has 1 rings (SSSR count). The van der Waals surface area contributed by atoms with E-state index < -0.39 is 0 Å². The summed E-state index contributed by atoms with van der Waals surface area (Å²) >= 11 is 0. The Morgan fingerprint density at radius 3 is 2.53 bits per heavy atom. The summed E-state index contributed by atoms with van der Waals surface area (Å²) in [5.41, 5.74) is 5.59. The van der Waals surface area contributed by atoms with Crippen LogP contribution in [0.3, 0.4) is 0 Å². The van der Waals surface area contributed by atoms with Crippen LogP contribution in [0.15, 0.2) is 0 Å². The van der Waals surface area contributed by atoms with E-state index in [2.05, 4.69) is 25.8 Å². The van der Waals surface area contributed by atoms with Crippen molar-refractivity contribution < 1.29 is 4.79 Å². The summed E-state index contributed by atoms with van der Waals surface area (Å²) in [6, 6.07) is 0.654. The largest absolute Gasteiger partial charge is 0.340 e. The highest BCUT2D eigenvalue weighted by atomic mass is 16.2. The van der Waals surface area contributed by atoms with Crippen molar-refractivity contribution in [2.24, 2.45) is 5.73 Å². The minimum absolute atomic E-state index is 0.0784. The zero-order valence-corrected chi connectivity index (χ0v) is 10.2. The Balaban J connectivity index is 2.49. The number of nitrogens with two attached hydrogens (primary N) is 1. The summed E-state index contributed by atoms with van der Waals surface area (Å²) in [4.78, 5) is 15.9. The van der Waals surface area contributed by atoms with Crippen molar-refractivity contribution in [1.29, 1.82) is 0 Å². The van der Waals surface area contributed by atoms with Gasteiger partial charge in [0.1, 0.15) is 0 Å². The van der Waals surface area contributed by atoms with E-state index in [4.69, 9.17) is 5.73 Å². The third kappa shape index (κ3) is 2.92. The van der Waals surface area contributed by atoms with Gasteiger partial charge in [-0.1, -0.05) is 0 Å². The van der Waals surface area contributed by atoms with E-state index >= 15 is 0 Å². The summed E-state index contributed by atoms with van der Waals surface area (Å²) in [6.45, 7) is 7.78. The second kappa shape index (κ2) is 4.94. The predicted molar refractivity (Wildman–Crippen MR) is 61.5 cm³/mol. The Morgan fingerprint density at radius 1 is 1.47 bits per heavy atom. The van der Waals surface area contributed by atoms with Crippen LogP contribution in [0.1, 0.15) is 27.2 Å². The van der Waals surface area contributed by atoms with Crippen LogP contribution >= 0.6 is 0 Å². The van der Waals surface area contributed by atoms with Crippen LogP contribution < -0.4 is 5.73 Å². The molecule has 0 saturated carbocycles. The first-order chi connectivity index (χ1) is 6.93. The van der Waals surface area contributed by atoms with Crippen LogP contribution in [0, 0.1) is 0 Å². The van der Waals surface area contributed by atoms with Crippen molar-refractivity contribution in [1.82, 2.24) is 9.80 Å². The smallest absolute Gasteiger partial charge is 0.239 e. The molecule has 0 spiro atoms. The number of rotatable bonds is 3. The summed E-state index contributed by atoms with van der Waals surface area (Å²) in [5, 5.41) is 0. The molecule has 2 atom stereocenters. The molecule has 1 aliphatic rings. The molecule has 0 aromatic carbocycles. The summed E-state index contributed by atoms with van der Waals surface area (Å²) in [7, 11) is 2.12. The maximum atomic E-state index is 11.7. The quantitative estimate of drug-likeness (QED) is 0.732. The molecule has 4 heteroatoms. The van der Waals surface area contributed by atoms with Gasteiger partial charge < -0.3 is 10.6 Å². The molecule has 15 heavy (non-hydrogen) atoms. The van der Waals surface area contributed by atoms with Crippen molar-refractivity contribution in [3.05, 3.63) is 0 Å². The number of carbonyl (C=O) groups is 1. The van der Waals surface area contributed by atoms with Gasteiger partial charge in [-0.15, -0.1) is 0 Å². The lowest BCUT2D eigenvalue weighted by Gasteiger charge is -2.28. The van der Waals surface area contributed by atoms with Crippen molar-refractivity contribution in [3.8, 4) is 0 Å². The number of amides is 1. The fourth-order valence-electron chi connectivity index (χ4n) is 1.98. The standard InChI is InChI=1S/C11H23N3O/c1-8(2)13(4)10-5-6-14(7-10)11(15)9(3)12/h8-10H,5-7,12H2,1-4H3/t9-,10?/m0/s1. The zero-order chi connectivity index (χ0) is 11.6. The maximum absolute atomic E-state index is 11.7. The highest BCUT2D eigenvalue weighted by Gasteiger charge is 2.30. The van der Waals surface area contributed by atoms with Crippen molar-refractivity contribution in [2.75, 3.05) is 20.1 Å². The van der Waals surface area contributed by atoms with Crippen LogP contribution in [0.4, 0.5) is 0 Å². The number of likely N-dealkylation sites (tertiary alicyclic amines) is 1. The van der Waals surface area contributed by atoms with Gasteiger partial charge in [-0.05, 0) is 34.2 Å². The first-order valence-corrected chi connectivity index (χ1v) is 5.69. The highest BCUT2D eigenvalue weighted by molar-refractivity contribution is 5.81. The summed E-state index contributed by atoms with van der Waals surface area (Å²) in [6.07, 6.45) is 1.06. The third-order valence-electron chi connectivity index (χ3n) is 3.26. The molecule has 0 radical (unpaired) electrons. The molecule has 1 unspecified atom stereocenters. The lowest BCUT2D eigenvalue weighted by atomic mass is 10.2. The number of hydrogen-bond acceptors (Lipinski definition) is 3. The second-order valence-electron chi connectivity index (χ2n) is 4.77. The van der Waals surface area contributed by atoms with Gasteiger partial charge in [-0.2, -0.15) is 0 Å². The Kier molecular flexibility index (Phi) is 4.11. The first-order valence-electron chi connectivity index (χ1n) is 5.69. The van der Waals surface area contributed by atoms with Gasteiger partial charge in [-0.25, -0.2) is 0 Å². The van der Waals surface area contributed by atoms with Crippen molar-refractivity contribution >= 4 is 5.91 Å². The fraction of sp³-hybridized carbons (Fsp3) is 0.909. The van der Waals surface area contributed by atoms with Gasteiger partial charge in [0.05, 0.1) is 6.04 Å². The van der Waals surface area contributed by atoms with E-state index in [1.807, 2.05) is 4.90 Å².